The zero-order chi connectivity index (χ0) is 17.6. The van der Waals surface area contributed by atoms with Crippen molar-refractivity contribution in [2.24, 2.45) is 0 Å². The first-order chi connectivity index (χ1) is 11.7. The minimum absolute atomic E-state index is 0.207. The van der Waals surface area contributed by atoms with Crippen molar-refractivity contribution < 1.29 is 19.4 Å². The van der Waals surface area contributed by atoms with Crippen LogP contribution in [0.25, 0.3) is 0 Å². The summed E-state index contributed by atoms with van der Waals surface area (Å²) in [5, 5.41) is 15.0. The van der Waals surface area contributed by atoms with Gasteiger partial charge in [-0.2, -0.15) is 4.98 Å². The van der Waals surface area contributed by atoms with Crippen LogP contribution in [0.1, 0.15) is 43.0 Å². The quantitative estimate of drug-likeness (QED) is 0.368. The summed E-state index contributed by atoms with van der Waals surface area (Å²) in [6.45, 7) is 4.73. The number of methoxy groups -OCH3 is 1. The number of aliphatic hydroxyl groups excluding tert-OH is 1. The summed E-state index contributed by atoms with van der Waals surface area (Å²) in [5.41, 5.74) is 0.291. The SMILES string of the molecule is CCCOCCNc1nc(NCCCCCO)ncc1C(=O)OC. The molecular formula is C16H28N4O4. The Bertz CT molecular complexity index is 485. The highest BCUT2D eigenvalue weighted by atomic mass is 16.5. The number of esters is 1. The van der Waals surface area contributed by atoms with E-state index >= 15 is 0 Å². The minimum atomic E-state index is -0.485. The lowest BCUT2D eigenvalue weighted by atomic mass is 10.2. The topological polar surface area (TPSA) is 106 Å². The molecule has 1 rings (SSSR count). The molecule has 0 saturated carbocycles. The van der Waals surface area contributed by atoms with Gasteiger partial charge in [0.2, 0.25) is 5.95 Å². The Morgan fingerprint density at radius 1 is 1.21 bits per heavy atom. The molecule has 24 heavy (non-hydrogen) atoms. The molecule has 0 unspecified atom stereocenters. The van der Waals surface area contributed by atoms with Crippen molar-refractivity contribution in [1.29, 1.82) is 0 Å². The molecule has 8 heteroatoms. The summed E-state index contributed by atoms with van der Waals surface area (Å²) in [4.78, 5) is 20.3. The van der Waals surface area contributed by atoms with E-state index in [0.29, 0.717) is 43.6 Å². The second-order valence-electron chi connectivity index (χ2n) is 5.20. The number of hydrogen-bond acceptors (Lipinski definition) is 8. The summed E-state index contributed by atoms with van der Waals surface area (Å²) < 4.78 is 10.2. The van der Waals surface area contributed by atoms with E-state index in [4.69, 9.17) is 14.6 Å². The van der Waals surface area contributed by atoms with E-state index in [1.54, 1.807) is 0 Å². The maximum absolute atomic E-state index is 11.8. The highest BCUT2D eigenvalue weighted by Gasteiger charge is 2.15. The van der Waals surface area contributed by atoms with Gasteiger partial charge in [0.25, 0.3) is 0 Å². The molecule has 0 spiro atoms. The minimum Gasteiger partial charge on any atom is -0.465 e. The highest BCUT2D eigenvalue weighted by molar-refractivity contribution is 5.94. The van der Waals surface area contributed by atoms with E-state index in [2.05, 4.69) is 20.6 Å². The molecule has 1 aromatic heterocycles. The number of hydrogen-bond donors (Lipinski definition) is 3. The number of carbonyl (C=O) groups excluding carboxylic acids is 1. The van der Waals surface area contributed by atoms with Crippen LogP contribution in [0.5, 0.6) is 0 Å². The molecule has 0 saturated heterocycles. The fraction of sp³-hybridized carbons (Fsp3) is 0.688. The van der Waals surface area contributed by atoms with Crippen molar-refractivity contribution in [3.63, 3.8) is 0 Å². The van der Waals surface area contributed by atoms with Gasteiger partial charge in [-0.1, -0.05) is 6.92 Å². The lowest BCUT2D eigenvalue weighted by molar-refractivity contribution is 0.0601. The molecule has 0 radical (unpaired) electrons. The van der Waals surface area contributed by atoms with Gasteiger partial charge >= 0.3 is 5.97 Å². The first-order valence-electron chi connectivity index (χ1n) is 8.34. The van der Waals surface area contributed by atoms with Crippen LogP contribution in [0, 0.1) is 0 Å². The van der Waals surface area contributed by atoms with Gasteiger partial charge in [0, 0.05) is 32.5 Å². The first-order valence-corrected chi connectivity index (χ1v) is 8.34. The van der Waals surface area contributed by atoms with Gasteiger partial charge in [-0.25, -0.2) is 9.78 Å². The summed E-state index contributed by atoms with van der Waals surface area (Å²) in [5.74, 6) is 0.389. The third-order valence-corrected chi connectivity index (χ3v) is 3.20. The number of nitrogens with zero attached hydrogens (tertiary/aromatic N) is 2. The Hall–Kier alpha value is -1.93. The van der Waals surface area contributed by atoms with Crippen molar-refractivity contribution >= 4 is 17.7 Å². The van der Waals surface area contributed by atoms with E-state index in [-0.39, 0.29) is 6.61 Å². The molecule has 136 valence electrons. The Morgan fingerprint density at radius 3 is 2.75 bits per heavy atom. The van der Waals surface area contributed by atoms with Gasteiger partial charge < -0.3 is 25.2 Å². The van der Waals surface area contributed by atoms with E-state index < -0.39 is 5.97 Å². The van der Waals surface area contributed by atoms with Crippen LogP contribution in [0.2, 0.25) is 0 Å². The number of unbranched alkanes of at least 4 members (excludes halogenated alkanes) is 2. The Labute approximate surface area is 143 Å². The van der Waals surface area contributed by atoms with Gasteiger partial charge in [0.05, 0.1) is 13.7 Å². The van der Waals surface area contributed by atoms with Crippen molar-refractivity contribution in [2.75, 3.05) is 50.7 Å². The zero-order valence-electron chi connectivity index (χ0n) is 14.5. The predicted molar refractivity (Wildman–Crippen MR) is 92.4 cm³/mol. The average Bonchev–Trinajstić information content (AvgIpc) is 2.61. The maximum atomic E-state index is 11.8. The molecular weight excluding hydrogens is 312 g/mol. The molecule has 8 nitrogen and oxygen atoms in total. The van der Waals surface area contributed by atoms with Crippen molar-refractivity contribution in [2.45, 2.75) is 32.6 Å². The summed E-state index contributed by atoms with van der Waals surface area (Å²) in [6, 6.07) is 0. The van der Waals surface area contributed by atoms with Gasteiger partial charge in [-0.05, 0) is 25.7 Å². The number of anilines is 2. The van der Waals surface area contributed by atoms with Crippen LogP contribution in [0.3, 0.4) is 0 Å². The number of rotatable bonds is 13. The predicted octanol–water partition coefficient (Wildman–Crippen LogP) is 1.68. The molecule has 0 fully saturated rings. The smallest absolute Gasteiger partial charge is 0.343 e. The lowest BCUT2D eigenvalue weighted by Gasteiger charge is -2.12. The van der Waals surface area contributed by atoms with Crippen molar-refractivity contribution in [3.05, 3.63) is 11.8 Å². The number of aromatic nitrogens is 2. The molecule has 0 amide bonds. The van der Waals surface area contributed by atoms with Crippen LogP contribution < -0.4 is 10.6 Å². The molecule has 0 bridgehead atoms. The number of ether oxygens (including phenoxy) is 2. The summed E-state index contributed by atoms with van der Waals surface area (Å²) >= 11 is 0. The first kappa shape index (κ1) is 20.1. The van der Waals surface area contributed by atoms with Crippen molar-refractivity contribution in [1.82, 2.24) is 9.97 Å². The Morgan fingerprint density at radius 2 is 2.04 bits per heavy atom. The second-order valence-corrected chi connectivity index (χ2v) is 5.20. The largest absolute Gasteiger partial charge is 0.465 e. The summed E-state index contributed by atoms with van der Waals surface area (Å²) in [7, 11) is 1.32. The molecule has 0 aliphatic heterocycles. The highest BCUT2D eigenvalue weighted by Crippen LogP contribution is 2.15. The van der Waals surface area contributed by atoms with Crippen LogP contribution in [-0.2, 0) is 9.47 Å². The third-order valence-electron chi connectivity index (χ3n) is 3.20. The molecule has 0 atom stereocenters. The molecule has 1 heterocycles. The molecule has 0 aromatic carbocycles. The summed E-state index contributed by atoms with van der Waals surface area (Å²) in [6.07, 6.45) is 5.05. The maximum Gasteiger partial charge on any atom is 0.343 e. The van der Waals surface area contributed by atoms with E-state index in [0.717, 1.165) is 25.7 Å². The average molecular weight is 340 g/mol. The fourth-order valence-electron chi connectivity index (χ4n) is 1.96. The number of nitrogens with one attached hydrogen (secondary N) is 2. The van der Waals surface area contributed by atoms with Crippen LogP contribution in [-0.4, -0.2) is 61.1 Å². The Kier molecular flexibility index (Phi) is 10.5. The lowest BCUT2D eigenvalue weighted by Crippen LogP contribution is -2.16. The normalized spacial score (nSPS) is 10.5. The Balaban J connectivity index is 2.61. The van der Waals surface area contributed by atoms with Crippen LogP contribution >= 0.6 is 0 Å². The van der Waals surface area contributed by atoms with Gasteiger partial charge in [0.15, 0.2) is 0 Å². The molecule has 0 aliphatic carbocycles. The van der Waals surface area contributed by atoms with Gasteiger partial charge in [0.1, 0.15) is 11.4 Å². The van der Waals surface area contributed by atoms with Crippen LogP contribution in [0.15, 0.2) is 6.20 Å². The van der Waals surface area contributed by atoms with Crippen molar-refractivity contribution in [3.8, 4) is 0 Å². The van der Waals surface area contributed by atoms with Gasteiger partial charge in [-0.3, -0.25) is 0 Å². The van der Waals surface area contributed by atoms with E-state index in [1.807, 2.05) is 6.92 Å². The molecule has 3 N–H and O–H groups in total. The monoisotopic (exact) mass is 340 g/mol. The number of aliphatic hydroxyl groups is 1. The van der Waals surface area contributed by atoms with E-state index in [9.17, 15) is 4.79 Å². The standard InChI is InChI=1S/C16H28N4O4/c1-3-10-24-11-8-17-14-13(15(22)23-2)12-19-16(20-14)18-7-5-4-6-9-21/h12,21H,3-11H2,1-2H3,(H2,17,18,19,20). The van der Waals surface area contributed by atoms with Gasteiger partial charge in [-0.15, -0.1) is 0 Å². The molecule has 1 aromatic rings. The van der Waals surface area contributed by atoms with Crippen LogP contribution in [0.4, 0.5) is 11.8 Å². The third kappa shape index (κ3) is 7.56. The fourth-order valence-corrected chi connectivity index (χ4v) is 1.96. The second kappa shape index (κ2) is 12.5. The van der Waals surface area contributed by atoms with E-state index in [1.165, 1.54) is 13.3 Å². The molecule has 0 aliphatic rings. The number of carbonyl (C=O) groups is 1. The zero-order valence-corrected chi connectivity index (χ0v) is 14.5.